The number of aromatic hydroxyl groups is 1. The summed E-state index contributed by atoms with van der Waals surface area (Å²) in [6.07, 6.45) is 3.96. The third kappa shape index (κ3) is 7.81. The van der Waals surface area contributed by atoms with Gasteiger partial charge in [0, 0.05) is 0 Å². The fourth-order valence-electron chi connectivity index (χ4n) is 2.35. The molecule has 1 aromatic carbocycles. The monoisotopic (exact) mass is 342 g/mol. The van der Waals surface area contributed by atoms with E-state index in [1.54, 1.807) is 13.0 Å². The molecule has 1 rings (SSSR count). The molecule has 0 aromatic heterocycles. The van der Waals surface area contributed by atoms with E-state index in [0.717, 1.165) is 38.9 Å². The van der Waals surface area contributed by atoms with Gasteiger partial charge in [0.1, 0.15) is 5.75 Å². The molecule has 1 aromatic rings. The normalized spacial score (nSPS) is 11.7. The molecule has 0 bridgehead atoms. The van der Waals surface area contributed by atoms with Crippen molar-refractivity contribution in [1.29, 1.82) is 0 Å². The van der Waals surface area contributed by atoms with Gasteiger partial charge in [0.25, 0.3) is 0 Å². The molecule has 0 atom stereocenters. The summed E-state index contributed by atoms with van der Waals surface area (Å²) in [5.74, 6) is 0.0894. The number of phenolic OH excluding ortho intramolecular Hbond substituents is 1. The summed E-state index contributed by atoms with van der Waals surface area (Å²) in [4.78, 5) is 0.236. The van der Waals surface area contributed by atoms with Crippen LogP contribution in [-0.2, 0) is 9.84 Å². The van der Waals surface area contributed by atoms with Crippen LogP contribution in [0.2, 0.25) is 0 Å². The molecule has 0 amide bonds. The van der Waals surface area contributed by atoms with Gasteiger partial charge in [-0.3, -0.25) is 0 Å². The zero-order valence-electron chi connectivity index (χ0n) is 14.3. The molecular formula is C17H30N2O3S. The first-order valence-corrected chi connectivity index (χ1v) is 10.1. The van der Waals surface area contributed by atoms with Gasteiger partial charge in [-0.1, -0.05) is 13.0 Å². The van der Waals surface area contributed by atoms with Gasteiger partial charge in [0.2, 0.25) is 0 Å². The van der Waals surface area contributed by atoms with Gasteiger partial charge in [-0.25, -0.2) is 8.42 Å². The summed E-state index contributed by atoms with van der Waals surface area (Å²) >= 11 is 0. The molecule has 0 spiro atoms. The standard InChI is InChI=1S/C17H30N2O3S/c1-3-9-18-10-4-5-11-19-12-6-13-23(21,22)17-14-16(20)8-7-15(17)2/h7-8,14,18-20H,3-6,9-13H2,1-2H3. The second-order valence-electron chi connectivity index (χ2n) is 5.83. The number of nitrogens with one attached hydrogen (secondary N) is 2. The Morgan fingerprint density at radius 3 is 2.26 bits per heavy atom. The Kier molecular flexibility index (Phi) is 9.21. The smallest absolute Gasteiger partial charge is 0.178 e. The van der Waals surface area contributed by atoms with Crippen LogP contribution in [0.25, 0.3) is 0 Å². The van der Waals surface area contributed by atoms with E-state index in [1.807, 2.05) is 0 Å². The van der Waals surface area contributed by atoms with Crippen molar-refractivity contribution in [1.82, 2.24) is 10.6 Å². The van der Waals surface area contributed by atoms with E-state index in [2.05, 4.69) is 17.6 Å². The quantitative estimate of drug-likeness (QED) is 0.508. The molecule has 23 heavy (non-hydrogen) atoms. The fourth-order valence-corrected chi connectivity index (χ4v) is 3.95. The maximum absolute atomic E-state index is 12.3. The highest BCUT2D eigenvalue weighted by atomic mass is 32.2. The number of unbranched alkanes of at least 4 members (excludes halogenated alkanes) is 1. The Balaban J connectivity index is 2.21. The van der Waals surface area contributed by atoms with Gasteiger partial charge in [-0.2, -0.15) is 0 Å². The van der Waals surface area contributed by atoms with Crippen LogP contribution < -0.4 is 10.6 Å². The van der Waals surface area contributed by atoms with Crippen LogP contribution in [0.4, 0.5) is 0 Å². The molecule has 0 radical (unpaired) electrons. The number of benzene rings is 1. The zero-order chi connectivity index (χ0) is 17.1. The summed E-state index contributed by atoms with van der Waals surface area (Å²) in [5.41, 5.74) is 0.676. The number of sulfone groups is 1. The summed E-state index contributed by atoms with van der Waals surface area (Å²) in [6, 6.07) is 4.47. The van der Waals surface area contributed by atoms with Crippen molar-refractivity contribution in [3.8, 4) is 5.75 Å². The highest BCUT2D eigenvalue weighted by Crippen LogP contribution is 2.22. The summed E-state index contributed by atoms with van der Waals surface area (Å²) in [7, 11) is -3.33. The average Bonchev–Trinajstić information content (AvgIpc) is 2.51. The third-order valence-corrected chi connectivity index (χ3v) is 5.59. The van der Waals surface area contributed by atoms with Crippen molar-refractivity contribution < 1.29 is 13.5 Å². The molecule has 0 saturated carbocycles. The molecule has 0 saturated heterocycles. The van der Waals surface area contributed by atoms with Gasteiger partial charge in [-0.05, 0) is 76.5 Å². The zero-order valence-corrected chi connectivity index (χ0v) is 15.1. The first kappa shape index (κ1) is 19.9. The first-order chi connectivity index (χ1) is 11.0. The molecule has 6 heteroatoms. The lowest BCUT2D eigenvalue weighted by molar-refractivity contribution is 0.473. The SMILES string of the molecule is CCCNCCCCNCCCS(=O)(=O)c1cc(O)ccc1C. The van der Waals surface area contributed by atoms with E-state index >= 15 is 0 Å². The molecule has 0 unspecified atom stereocenters. The molecule has 3 N–H and O–H groups in total. The van der Waals surface area contributed by atoms with Crippen LogP contribution in [-0.4, -0.2) is 45.5 Å². The number of hydrogen-bond donors (Lipinski definition) is 3. The summed E-state index contributed by atoms with van der Waals surface area (Å²) in [6.45, 7) is 7.62. The lowest BCUT2D eigenvalue weighted by Crippen LogP contribution is -2.22. The van der Waals surface area contributed by atoms with E-state index < -0.39 is 9.84 Å². The minimum Gasteiger partial charge on any atom is -0.508 e. The van der Waals surface area contributed by atoms with Gasteiger partial charge >= 0.3 is 0 Å². The van der Waals surface area contributed by atoms with Crippen LogP contribution in [0, 0.1) is 6.92 Å². The highest BCUT2D eigenvalue weighted by molar-refractivity contribution is 7.91. The van der Waals surface area contributed by atoms with Crippen molar-refractivity contribution in [3.63, 3.8) is 0 Å². The van der Waals surface area contributed by atoms with Crippen LogP contribution in [0.1, 0.15) is 38.2 Å². The van der Waals surface area contributed by atoms with Gasteiger partial charge < -0.3 is 15.7 Å². The number of phenols is 1. The lowest BCUT2D eigenvalue weighted by atomic mass is 10.2. The minimum atomic E-state index is -3.33. The van der Waals surface area contributed by atoms with Crippen molar-refractivity contribution in [2.24, 2.45) is 0 Å². The summed E-state index contributed by atoms with van der Waals surface area (Å²) in [5, 5.41) is 16.1. The van der Waals surface area contributed by atoms with E-state index in [1.165, 1.54) is 12.1 Å². The largest absolute Gasteiger partial charge is 0.508 e. The Hall–Kier alpha value is -1.11. The Morgan fingerprint density at radius 1 is 1.00 bits per heavy atom. The number of rotatable bonds is 12. The topological polar surface area (TPSA) is 78.4 Å². The molecule has 132 valence electrons. The molecule has 0 aliphatic rings. The summed E-state index contributed by atoms with van der Waals surface area (Å²) < 4.78 is 24.6. The number of hydrogen-bond acceptors (Lipinski definition) is 5. The van der Waals surface area contributed by atoms with E-state index in [-0.39, 0.29) is 16.4 Å². The maximum Gasteiger partial charge on any atom is 0.178 e. The maximum atomic E-state index is 12.3. The highest BCUT2D eigenvalue weighted by Gasteiger charge is 2.17. The first-order valence-electron chi connectivity index (χ1n) is 8.41. The third-order valence-electron chi connectivity index (χ3n) is 3.66. The molecule has 5 nitrogen and oxygen atoms in total. The second kappa shape index (κ2) is 10.6. The molecule has 0 heterocycles. The molecule has 0 aliphatic heterocycles. The predicted molar refractivity (Wildman–Crippen MR) is 94.8 cm³/mol. The van der Waals surface area contributed by atoms with Crippen molar-refractivity contribution in [2.45, 2.75) is 44.4 Å². The molecule has 0 fully saturated rings. The molecular weight excluding hydrogens is 312 g/mol. The Bertz CT molecular complexity index is 559. The van der Waals surface area contributed by atoms with Gasteiger partial charge in [-0.15, -0.1) is 0 Å². The predicted octanol–water partition coefficient (Wildman–Crippen LogP) is 2.23. The van der Waals surface area contributed by atoms with Gasteiger partial charge in [0.15, 0.2) is 9.84 Å². The average molecular weight is 343 g/mol. The van der Waals surface area contributed by atoms with Crippen LogP contribution in [0.15, 0.2) is 23.1 Å². The Morgan fingerprint density at radius 2 is 1.61 bits per heavy atom. The Labute approximate surface area is 140 Å². The minimum absolute atomic E-state index is 0.0102. The van der Waals surface area contributed by atoms with Crippen LogP contribution in [0.3, 0.4) is 0 Å². The van der Waals surface area contributed by atoms with Gasteiger partial charge in [0.05, 0.1) is 10.6 Å². The van der Waals surface area contributed by atoms with E-state index in [9.17, 15) is 13.5 Å². The van der Waals surface area contributed by atoms with Crippen LogP contribution >= 0.6 is 0 Å². The lowest BCUT2D eigenvalue weighted by Gasteiger charge is -2.09. The fraction of sp³-hybridized carbons (Fsp3) is 0.647. The van der Waals surface area contributed by atoms with Crippen molar-refractivity contribution in [2.75, 3.05) is 31.9 Å². The van der Waals surface area contributed by atoms with E-state index in [4.69, 9.17) is 0 Å². The second-order valence-corrected chi connectivity index (χ2v) is 7.91. The van der Waals surface area contributed by atoms with Crippen molar-refractivity contribution in [3.05, 3.63) is 23.8 Å². The van der Waals surface area contributed by atoms with Crippen LogP contribution in [0.5, 0.6) is 5.75 Å². The number of aryl methyl sites for hydroxylation is 1. The molecule has 0 aliphatic carbocycles. The van der Waals surface area contributed by atoms with Crippen molar-refractivity contribution >= 4 is 9.84 Å². The van der Waals surface area contributed by atoms with E-state index in [0.29, 0.717) is 18.5 Å².